The Morgan fingerprint density at radius 3 is 2.91 bits per heavy atom. The summed E-state index contributed by atoms with van der Waals surface area (Å²) < 4.78 is 0. The first-order valence-corrected chi connectivity index (χ1v) is 3.78. The molecule has 1 rings (SSSR count). The lowest BCUT2D eigenvalue weighted by Crippen LogP contribution is -2.47. The molecule has 1 fully saturated rings. The van der Waals surface area contributed by atoms with E-state index < -0.39 is 0 Å². The van der Waals surface area contributed by atoms with E-state index in [1.54, 1.807) is 5.01 Å². The molecule has 1 saturated heterocycles. The number of amides is 2. The Hall–Kier alpha value is -0.810. The average Bonchev–Trinajstić information content (AvgIpc) is 2.29. The Morgan fingerprint density at radius 1 is 1.73 bits per heavy atom. The summed E-state index contributed by atoms with van der Waals surface area (Å²) in [6.45, 7) is 3.45. The topological polar surface area (TPSA) is 47.6 Å². The van der Waals surface area contributed by atoms with E-state index in [2.05, 4.69) is 17.7 Å². The van der Waals surface area contributed by atoms with E-state index in [1.165, 1.54) is 5.12 Å². The smallest absolute Gasteiger partial charge is 0.321 e. The van der Waals surface area contributed by atoms with Crippen LogP contribution in [0.1, 0.15) is 13.3 Å². The lowest BCUT2D eigenvalue weighted by molar-refractivity contribution is 0.0334. The van der Waals surface area contributed by atoms with Crippen LogP contribution in [-0.4, -0.2) is 36.4 Å². The zero-order valence-electron chi connectivity index (χ0n) is 6.92. The van der Waals surface area contributed by atoms with E-state index in [-0.39, 0.29) is 6.03 Å². The minimum atomic E-state index is -0.0825. The molecule has 2 N–H and O–H groups in total. The molecule has 64 valence electrons. The summed E-state index contributed by atoms with van der Waals surface area (Å²) in [7, 11) is 1.85. The van der Waals surface area contributed by atoms with Crippen molar-refractivity contribution in [3.8, 4) is 0 Å². The maximum Gasteiger partial charge on any atom is 0.348 e. The van der Waals surface area contributed by atoms with Gasteiger partial charge in [0.25, 0.3) is 0 Å². The number of hydrogen-bond donors (Lipinski definition) is 2. The predicted molar refractivity (Wildman–Crippen MR) is 41.3 cm³/mol. The summed E-state index contributed by atoms with van der Waals surface area (Å²) in [5.41, 5.74) is 2.98. The molecule has 0 aromatic rings. The molecule has 1 heterocycles. The van der Waals surface area contributed by atoms with Gasteiger partial charge in [-0.25, -0.2) is 10.2 Å². The van der Waals surface area contributed by atoms with Crippen molar-refractivity contribution < 1.29 is 4.79 Å². The summed E-state index contributed by atoms with van der Waals surface area (Å²) in [6.07, 6.45) is 1.01. The third kappa shape index (κ3) is 1.81. The summed E-state index contributed by atoms with van der Waals surface area (Å²) in [6, 6.07) is -0.0825. The number of nitrogens with zero attached hydrogens (tertiary/aromatic N) is 2. The van der Waals surface area contributed by atoms with Crippen LogP contribution in [0.25, 0.3) is 0 Å². The second-order valence-corrected chi connectivity index (χ2v) is 2.52. The Kier molecular flexibility index (Phi) is 2.67. The number of hydrazine groups is 2. The van der Waals surface area contributed by atoms with Gasteiger partial charge in [0.2, 0.25) is 0 Å². The van der Waals surface area contributed by atoms with Crippen molar-refractivity contribution in [3.63, 3.8) is 0 Å². The van der Waals surface area contributed by atoms with Gasteiger partial charge in [-0.1, -0.05) is 6.92 Å². The van der Waals surface area contributed by atoms with Crippen LogP contribution in [0.5, 0.6) is 0 Å². The van der Waals surface area contributed by atoms with Gasteiger partial charge in [-0.15, -0.1) is 0 Å². The fraction of sp³-hybridized carbons (Fsp3) is 0.833. The quantitative estimate of drug-likeness (QED) is 0.594. The fourth-order valence-corrected chi connectivity index (χ4v) is 0.893. The SMILES string of the molecule is CCCNN1C(=O)NCN1C. The molecule has 0 saturated carbocycles. The summed E-state index contributed by atoms with van der Waals surface area (Å²) in [5.74, 6) is 0. The number of urea groups is 1. The Balaban J connectivity index is 2.35. The van der Waals surface area contributed by atoms with Crippen LogP contribution >= 0.6 is 0 Å². The van der Waals surface area contributed by atoms with Crippen LogP contribution in [-0.2, 0) is 0 Å². The zero-order valence-corrected chi connectivity index (χ0v) is 6.92. The first-order chi connectivity index (χ1) is 5.25. The molecule has 2 amide bonds. The van der Waals surface area contributed by atoms with Crippen molar-refractivity contribution in [1.29, 1.82) is 0 Å². The summed E-state index contributed by atoms with van der Waals surface area (Å²) >= 11 is 0. The van der Waals surface area contributed by atoms with Crippen LogP contribution in [0.4, 0.5) is 4.79 Å². The fourth-order valence-electron chi connectivity index (χ4n) is 0.893. The van der Waals surface area contributed by atoms with Gasteiger partial charge in [0.1, 0.15) is 0 Å². The van der Waals surface area contributed by atoms with E-state index in [9.17, 15) is 4.79 Å². The predicted octanol–water partition coefficient (Wildman–Crippen LogP) is -0.269. The van der Waals surface area contributed by atoms with Crippen LogP contribution in [0.3, 0.4) is 0 Å². The third-order valence-corrected chi connectivity index (χ3v) is 1.50. The van der Waals surface area contributed by atoms with Crippen LogP contribution < -0.4 is 10.7 Å². The Labute approximate surface area is 66.3 Å². The first kappa shape index (κ1) is 8.29. The maximum absolute atomic E-state index is 11.0. The van der Waals surface area contributed by atoms with Crippen LogP contribution in [0.2, 0.25) is 0 Å². The third-order valence-electron chi connectivity index (χ3n) is 1.50. The molecule has 0 radical (unpaired) electrons. The number of carbonyl (C=O) groups excluding carboxylic acids is 1. The minimum Gasteiger partial charge on any atom is -0.321 e. The molecule has 0 bridgehead atoms. The van der Waals surface area contributed by atoms with E-state index in [4.69, 9.17) is 0 Å². The molecular formula is C6H14N4O. The van der Waals surface area contributed by atoms with Crippen molar-refractivity contribution in [2.24, 2.45) is 0 Å². The number of nitrogens with one attached hydrogen (secondary N) is 2. The average molecular weight is 158 g/mol. The van der Waals surface area contributed by atoms with Crippen LogP contribution in [0.15, 0.2) is 0 Å². The highest BCUT2D eigenvalue weighted by atomic mass is 16.2. The second kappa shape index (κ2) is 3.54. The molecule has 0 aromatic heterocycles. The highest BCUT2D eigenvalue weighted by molar-refractivity contribution is 5.74. The molecule has 11 heavy (non-hydrogen) atoms. The van der Waals surface area contributed by atoms with Gasteiger partial charge >= 0.3 is 6.03 Å². The van der Waals surface area contributed by atoms with Gasteiger partial charge in [-0.3, -0.25) is 0 Å². The Bertz CT molecular complexity index is 150. The lowest BCUT2D eigenvalue weighted by atomic mass is 10.5. The highest BCUT2D eigenvalue weighted by Crippen LogP contribution is 1.96. The van der Waals surface area contributed by atoms with Gasteiger partial charge in [-0.05, 0) is 6.42 Å². The number of hydrogen-bond acceptors (Lipinski definition) is 3. The van der Waals surface area contributed by atoms with E-state index in [0.717, 1.165) is 13.0 Å². The Morgan fingerprint density at radius 2 is 2.45 bits per heavy atom. The standard InChI is InChI=1S/C6H14N4O/c1-3-4-8-10-6(11)7-5-9(10)2/h8H,3-5H2,1-2H3,(H,7,11). The van der Waals surface area contributed by atoms with Crippen molar-refractivity contribution in [1.82, 2.24) is 20.9 Å². The molecule has 5 heteroatoms. The van der Waals surface area contributed by atoms with Gasteiger partial charge in [0.05, 0.1) is 6.67 Å². The molecule has 0 spiro atoms. The summed E-state index contributed by atoms with van der Waals surface area (Å²) in [5, 5.41) is 5.96. The monoisotopic (exact) mass is 158 g/mol. The molecule has 0 aromatic carbocycles. The van der Waals surface area contributed by atoms with Gasteiger partial charge in [0.15, 0.2) is 0 Å². The molecule has 1 aliphatic rings. The van der Waals surface area contributed by atoms with Gasteiger partial charge in [-0.2, -0.15) is 10.1 Å². The number of carbonyl (C=O) groups is 1. The maximum atomic E-state index is 11.0. The van der Waals surface area contributed by atoms with E-state index >= 15 is 0 Å². The van der Waals surface area contributed by atoms with Crippen molar-refractivity contribution in [3.05, 3.63) is 0 Å². The van der Waals surface area contributed by atoms with Crippen LogP contribution in [0, 0.1) is 0 Å². The summed E-state index contributed by atoms with van der Waals surface area (Å²) in [4.78, 5) is 11.0. The van der Waals surface area contributed by atoms with E-state index in [1.807, 2.05) is 7.05 Å². The highest BCUT2D eigenvalue weighted by Gasteiger charge is 2.24. The first-order valence-electron chi connectivity index (χ1n) is 3.78. The molecule has 5 nitrogen and oxygen atoms in total. The largest absolute Gasteiger partial charge is 0.348 e. The molecule has 0 unspecified atom stereocenters. The normalized spacial score (nSPS) is 19.1. The van der Waals surface area contributed by atoms with Gasteiger partial charge in [0, 0.05) is 13.6 Å². The number of rotatable bonds is 3. The lowest BCUT2D eigenvalue weighted by Gasteiger charge is -2.21. The van der Waals surface area contributed by atoms with Gasteiger partial charge < -0.3 is 5.32 Å². The zero-order chi connectivity index (χ0) is 8.27. The molecular weight excluding hydrogens is 144 g/mol. The minimum absolute atomic E-state index is 0.0825. The second-order valence-electron chi connectivity index (χ2n) is 2.52. The molecule has 0 aliphatic carbocycles. The van der Waals surface area contributed by atoms with Crippen molar-refractivity contribution in [2.75, 3.05) is 20.3 Å². The molecule has 1 aliphatic heterocycles. The van der Waals surface area contributed by atoms with Crippen molar-refractivity contribution in [2.45, 2.75) is 13.3 Å². The molecule has 0 atom stereocenters. The van der Waals surface area contributed by atoms with E-state index in [0.29, 0.717) is 6.67 Å². The van der Waals surface area contributed by atoms with Crippen molar-refractivity contribution >= 4 is 6.03 Å².